The van der Waals surface area contributed by atoms with Crippen LogP contribution < -0.4 is 5.73 Å². The van der Waals surface area contributed by atoms with Crippen molar-refractivity contribution >= 4 is 11.3 Å². The average Bonchev–Trinajstić information content (AvgIpc) is 3.11. The van der Waals surface area contributed by atoms with Crippen molar-refractivity contribution in [2.24, 2.45) is 11.7 Å². The fourth-order valence-corrected chi connectivity index (χ4v) is 3.74. The van der Waals surface area contributed by atoms with Crippen molar-refractivity contribution in [3.05, 3.63) is 16.1 Å². The molecule has 17 heavy (non-hydrogen) atoms. The molecule has 2 N–H and O–H groups in total. The van der Waals surface area contributed by atoms with Gasteiger partial charge in [-0.05, 0) is 51.6 Å². The van der Waals surface area contributed by atoms with Crippen LogP contribution in [0, 0.1) is 12.8 Å². The fraction of sp³-hybridized carbons (Fsp3) is 0.769. The van der Waals surface area contributed by atoms with Crippen LogP contribution in [0.4, 0.5) is 0 Å². The Balaban J connectivity index is 1.88. The third kappa shape index (κ3) is 2.26. The van der Waals surface area contributed by atoms with Crippen LogP contribution in [0.2, 0.25) is 0 Å². The first-order chi connectivity index (χ1) is 8.29. The minimum absolute atomic E-state index is 0.492. The largest absolute Gasteiger partial charge is 0.330 e. The Bertz CT molecular complexity index is 386. The van der Waals surface area contributed by atoms with E-state index >= 15 is 0 Å². The molecule has 94 valence electrons. The number of likely N-dealkylation sites (tertiary alicyclic amines) is 1. The van der Waals surface area contributed by atoms with E-state index in [4.69, 9.17) is 10.7 Å². The highest BCUT2D eigenvalue weighted by Crippen LogP contribution is 2.42. The Morgan fingerprint density at radius 3 is 2.88 bits per heavy atom. The molecular formula is C13H21N3S. The van der Waals surface area contributed by atoms with Gasteiger partial charge in [-0.3, -0.25) is 4.90 Å². The van der Waals surface area contributed by atoms with Gasteiger partial charge in [-0.15, -0.1) is 11.3 Å². The van der Waals surface area contributed by atoms with Gasteiger partial charge in [-0.2, -0.15) is 0 Å². The van der Waals surface area contributed by atoms with E-state index in [1.165, 1.54) is 42.9 Å². The Labute approximate surface area is 107 Å². The van der Waals surface area contributed by atoms with E-state index in [0.717, 1.165) is 12.6 Å². The molecule has 2 fully saturated rings. The molecule has 0 spiro atoms. The van der Waals surface area contributed by atoms with Gasteiger partial charge in [0.25, 0.3) is 0 Å². The Hall–Kier alpha value is -0.450. The SMILES string of the molecule is Cc1nc(C2C(CN)CCCN2C2CC2)cs1. The average molecular weight is 251 g/mol. The Morgan fingerprint density at radius 2 is 2.29 bits per heavy atom. The van der Waals surface area contributed by atoms with Crippen molar-refractivity contribution in [3.63, 3.8) is 0 Å². The lowest BCUT2D eigenvalue weighted by Crippen LogP contribution is -2.42. The summed E-state index contributed by atoms with van der Waals surface area (Å²) < 4.78 is 0. The van der Waals surface area contributed by atoms with Crippen LogP contribution in [-0.4, -0.2) is 29.0 Å². The number of nitrogens with zero attached hydrogens (tertiary/aromatic N) is 2. The summed E-state index contributed by atoms with van der Waals surface area (Å²) in [7, 11) is 0. The normalized spacial score (nSPS) is 30.7. The van der Waals surface area contributed by atoms with Crippen LogP contribution in [0.25, 0.3) is 0 Å². The number of aryl methyl sites for hydroxylation is 1. The van der Waals surface area contributed by atoms with Crippen molar-refractivity contribution in [1.82, 2.24) is 9.88 Å². The molecule has 4 heteroatoms. The molecule has 1 aromatic rings. The molecule has 1 aliphatic carbocycles. The van der Waals surface area contributed by atoms with Gasteiger partial charge in [0.2, 0.25) is 0 Å². The zero-order chi connectivity index (χ0) is 11.8. The third-order valence-corrected chi connectivity index (χ3v) is 4.85. The molecule has 1 aromatic heterocycles. The number of thiazole rings is 1. The number of hydrogen-bond acceptors (Lipinski definition) is 4. The monoisotopic (exact) mass is 251 g/mol. The predicted octanol–water partition coefficient (Wildman–Crippen LogP) is 2.33. The van der Waals surface area contributed by atoms with E-state index < -0.39 is 0 Å². The summed E-state index contributed by atoms with van der Waals surface area (Å²) in [5.41, 5.74) is 7.24. The molecule has 2 atom stereocenters. The molecule has 0 bridgehead atoms. The lowest BCUT2D eigenvalue weighted by Gasteiger charge is -2.40. The maximum absolute atomic E-state index is 5.97. The second-order valence-corrected chi connectivity index (χ2v) is 6.41. The van der Waals surface area contributed by atoms with E-state index in [1.54, 1.807) is 11.3 Å². The van der Waals surface area contributed by atoms with E-state index in [1.807, 2.05) is 0 Å². The highest BCUT2D eigenvalue weighted by molar-refractivity contribution is 7.09. The summed E-state index contributed by atoms with van der Waals surface area (Å²) in [5.74, 6) is 0.603. The standard InChI is InChI=1S/C13H21N3S/c1-9-15-12(8-17-9)13-10(7-14)3-2-6-16(13)11-4-5-11/h8,10-11,13H,2-7,14H2,1H3. The lowest BCUT2D eigenvalue weighted by molar-refractivity contribution is 0.0854. The summed E-state index contributed by atoms with van der Waals surface area (Å²) in [6, 6.07) is 1.31. The van der Waals surface area contributed by atoms with Crippen molar-refractivity contribution < 1.29 is 0 Å². The summed E-state index contributed by atoms with van der Waals surface area (Å²) in [6.07, 6.45) is 5.31. The summed E-state index contributed by atoms with van der Waals surface area (Å²) in [5, 5.41) is 3.42. The molecule has 1 saturated heterocycles. The minimum atomic E-state index is 0.492. The molecule has 1 aliphatic heterocycles. The van der Waals surface area contributed by atoms with E-state index in [9.17, 15) is 0 Å². The van der Waals surface area contributed by atoms with Crippen LogP contribution in [-0.2, 0) is 0 Å². The second-order valence-electron chi connectivity index (χ2n) is 5.34. The quantitative estimate of drug-likeness (QED) is 0.896. The van der Waals surface area contributed by atoms with Gasteiger partial charge in [-0.25, -0.2) is 4.98 Å². The molecule has 2 heterocycles. The number of hydrogen-bond donors (Lipinski definition) is 1. The van der Waals surface area contributed by atoms with Crippen LogP contribution >= 0.6 is 11.3 Å². The predicted molar refractivity (Wildman–Crippen MR) is 71.1 cm³/mol. The van der Waals surface area contributed by atoms with Crippen LogP contribution in [0.15, 0.2) is 5.38 Å². The molecule has 2 unspecified atom stereocenters. The highest BCUT2D eigenvalue weighted by atomic mass is 32.1. The smallest absolute Gasteiger partial charge is 0.0898 e. The maximum atomic E-state index is 5.97. The molecule has 2 aliphatic rings. The topological polar surface area (TPSA) is 42.1 Å². The zero-order valence-corrected chi connectivity index (χ0v) is 11.2. The van der Waals surface area contributed by atoms with Gasteiger partial charge in [0.1, 0.15) is 0 Å². The van der Waals surface area contributed by atoms with Gasteiger partial charge < -0.3 is 5.73 Å². The van der Waals surface area contributed by atoms with Crippen molar-refractivity contribution in [1.29, 1.82) is 0 Å². The van der Waals surface area contributed by atoms with Gasteiger partial charge in [0.05, 0.1) is 16.7 Å². The first-order valence-corrected chi connectivity index (χ1v) is 7.55. The number of nitrogens with two attached hydrogens (primary N) is 1. The van der Waals surface area contributed by atoms with Gasteiger partial charge >= 0.3 is 0 Å². The van der Waals surface area contributed by atoms with E-state index in [2.05, 4.69) is 17.2 Å². The molecule has 0 radical (unpaired) electrons. The molecule has 3 rings (SSSR count). The Kier molecular flexibility index (Phi) is 3.19. The van der Waals surface area contributed by atoms with Crippen molar-refractivity contribution in [2.45, 2.75) is 44.7 Å². The second kappa shape index (κ2) is 4.67. The molecular weight excluding hydrogens is 230 g/mol. The first kappa shape index (κ1) is 11.6. The van der Waals surface area contributed by atoms with Gasteiger partial charge in [0, 0.05) is 11.4 Å². The first-order valence-electron chi connectivity index (χ1n) is 6.67. The highest BCUT2D eigenvalue weighted by Gasteiger charge is 2.40. The molecule has 0 aromatic carbocycles. The number of rotatable bonds is 3. The van der Waals surface area contributed by atoms with Crippen molar-refractivity contribution in [2.75, 3.05) is 13.1 Å². The van der Waals surface area contributed by atoms with Gasteiger partial charge in [0.15, 0.2) is 0 Å². The van der Waals surface area contributed by atoms with Crippen LogP contribution in [0.3, 0.4) is 0 Å². The maximum Gasteiger partial charge on any atom is 0.0898 e. The fourth-order valence-electron chi connectivity index (χ4n) is 3.09. The third-order valence-electron chi connectivity index (χ3n) is 4.05. The minimum Gasteiger partial charge on any atom is -0.330 e. The lowest BCUT2D eigenvalue weighted by atomic mass is 9.87. The molecule has 1 saturated carbocycles. The molecule has 3 nitrogen and oxygen atoms in total. The summed E-state index contributed by atoms with van der Waals surface area (Å²) in [6.45, 7) is 4.13. The van der Waals surface area contributed by atoms with Crippen molar-refractivity contribution in [3.8, 4) is 0 Å². The van der Waals surface area contributed by atoms with E-state index in [-0.39, 0.29) is 0 Å². The van der Waals surface area contributed by atoms with Crippen LogP contribution in [0.5, 0.6) is 0 Å². The molecule has 0 amide bonds. The van der Waals surface area contributed by atoms with E-state index in [0.29, 0.717) is 12.0 Å². The van der Waals surface area contributed by atoms with Gasteiger partial charge in [-0.1, -0.05) is 0 Å². The number of piperidine rings is 1. The zero-order valence-electron chi connectivity index (χ0n) is 10.4. The van der Waals surface area contributed by atoms with Crippen LogP contribution in [0.1, 0.15) is 42.4 Å². The Morgan fingerprint density at radius 1 is 1.47 bits per heavy atom. The summed E-state index contributed by atoms with van der Waals surface area (Å²) in [4.78, 5) is 7.39. The summed E-state index contributed by atoms with van der Waals surface area (Å²) >= 11 is 1.77. The number of aromatic nitrogens is 1.